The number of hydrogen-bond acceptors (Lipinski definition) is 3. The molecule has 0 aliphatic heterocycles. The number of benzene rings is 1. The molecule has 1 aliphatic carbocycles. The Balaban J connectivity index is 2.30. The molecule has 1 aliphatic rings. The topological polar surface area (TPSA) is 35.5 Å². The van der Waals surface area contributed by atoms with Crippen LogP contribution in [0.3, 0.4) is 0 Å². The highest BCUT2D eigenvalue weighted by Gasteiger charge is 2.62. The van der Waals surface area contributed by atoms with Crippen molar-refractivity contribution in [1.82, 2.24) is 0 Å². The van der Waals surface area contributed by atoms with E-state index in [1.807, 2.05) is 30.3 Å². The molecule has 1 fully saturated rings. The number of methoxy groups -OCH3 is 1. The molecule has 2 atom stereocenters. The predicted molar refractivity (Wildman–Crippen MR) is 72.7 cm³/mol. The molecule has 0 radical (unpaired) electrons. The number of carbonyl (C=O) groups excluding carboxylic acids is 1. The van der Waals surface area contributed by atoms with E-state index < -0.39 is 13.9 Å². The summed E-state index contributed by atoms with van der Waals surface area (Å²) in [7, 11) is -0.286. The highest BCUT2D eigenvalue weighted by Crippen LogP contribution is 2.57. The third-order valence-corrected chi connectivity index (χ3v) is 4.12. The van der Waals surface area contributed by atoms with Crippen molar-refractivity contribution in [2.45, 2.75) is 31.7 Å². The Kier molecular flexibility index (Phi) is 3.34. The van der Waals surface area contributed by atoms with Gasteiger partial charge in [0.1, 0.15) is 0 Å². The van der Waals surface area contributed by atoms with Gasteiger partial charge in [-0.15, -0.1) is 0 Å². The monoisotopic (exact) mass is 264 g/mol. The van der Waals surface area contributed by atoms with Crippen LogP contribution in [0.1, 0.15) is 12.0 Å². The maximum absolute atomic E-state index is 11.8. The molecule has 18 heavy (non-hydrogen) atoms. The van der Waals surface area contributed by atoms with Gasteiger partial charge in [-0.05, 0) is 31.6 Å². The lowest BCUT2D eigenvalue weighted by molar-refractivity contribution is -0.143. The van der Waals surface area contributed by atoms with Gasteiger partial charge >= 0.3 is 5.97 Å². The maximum Gasteiger partial charge on any atom is 0.312 e. The van der Waals surface area contributed by atoms with Crippen molar-refractivity contribution in [2.24, 2.45) is 5.92 Å². The van der Waals surface area contributed by atoms with Crippen LogP contribution in [0.5, 0.6) is 0 Å². The van der Waals surface area contributed by atoms with Gasteiger partial charge in [0.25, 0.3) is 0 Å². The van der Waals surface area contributed by atoms with Gasteiger partial charge in [-0.3, -0.25) is 4.79 Å². The van der Waals surface area contributed by atoms with Crippen LogP contribution in [0, 0.1) is 5.92 Å². The Hall–Kier alpha value is -1.13. The molecule has 98 valence electrons. The standard InChI is InChI=1S/C14H20O3Si/c1-16-13(15)12-10-14(12,17-18(2,3)4)11-8-6-5-7-9-11/h5-9,12H,10H2,1-4H3. The first-order valence-corrected chi connectivity index (χ1v) is 9.63. The van der Waals surface area contributed by atoms with Crippen LogP contribution in [-0.4, -0.2) is 21.4 Å². The van der Waals surface area contributed by atoms with E-state index >= 15 is 0 Å². The summed E-state index contributed by atoms with van der Waals surface area (Å²) < 4.78 is 11.2. The Morgan fingerprint density at radius 3 is 2.39 bits per heavy atom. The van der Waals surface area contributed by atoms with E-state index in [-0.39, 0.29) is 11.9 Å². The fraction of sp³-hybridized carbons (Fsp3) is 0.500. The molecule has 4 heteroatoms. The van der Waals surface area contributed by atoms with E-state index in [1.165, 1.54) is 7.11 Å². The molecular formula is C14H20O3Si. The average Bonchev–Trinajstić information content (AvgIpc) is 3.02. The van der Waals surface area contributed by atoms with Gasteiger partial charge in [0.05, 0.1) is 18.6 Å². The molecule has 1 aromatic rings. The van der Waals surface area contributed by atoms with Gasteiger partial charge in [0.2, 0.25) is 0 Å². The Bertz CT molecular complexity index is 438. The third-order valence-electron chi connectivity index (χ3n) is 3.15. The first-order valence-electron chi connectivity index (χ1n) is 6.22. The van der Waals surface area contributed by atoms with Gasteiger partial charge in [-0.25, -0.2) is 0 Å². The van der Waals surface area contributed by atoms with Gasteiger partial charge in [0, 0.05) is 0 Å². The smallest absolute Gasteiger partial charge is 0.312 e. The Morgan fingerprint density at radius 2 is 1.89 bits per heavy atom. The van der Waals surface area contributed by atoms with Crippen LogP contribution >= 0.6 is 0 Å². The van der Waals surface area contributed by atoms with Crippen molar-refractivity contribution in [3.05, 3.63) is 35.9 Å². The minimum absolute atomic E-state index is 0.156. The fourth-order valence-electron chi connectivity index (χ4n) is 2.42. The highest BCUT2D eigenvalue weighted by atomic mass is 28.4. The molecule has 0 N–H and O–H groups in total. The van der Waals surface area contributed by atoms with Gasteiger partial charge in [-0.1, -0.05) is 30.3 Å². The first-order chi connectivity index (χ1) is 8.39. The van der Waals surface area contributed by atoms with Crippen LogP contribution in [0.25, 0.3) is 0 Å². The second kappa shape index (κ2) is 4.52. The quantitative estimate of drug-likeness (QED) is 0.619. The summed E-state index contributed by atoms with van der Waals surface area (Å²) in [6.07, 6.45) is 0.730. The summed E-state index contributed by atoms with van der Waals surface area (Å²) >= 11 is 0. The largest absolute Gasteiger partial charge is 0.469 e. The number of rotatable bonds is 4. The molecule has 2 unspecified atom stereocenters. The molecule has 3 nitrogen and oxygen atoms in total. The van der Waals surface area contributed by atoms with Crippen LogP contribution < -0.4 is 0 Å². The number of ether oxygens (including phenoxy) is 1. The minimum Gasteiger partial charge on any atom is -0.469 e. The SMILES string of the molecule is COC(=O)C1CC1(O[Si](C)(C)C)c1ccccc1. The zero-order valence-corrected chi connectivity index (χ0v) is 12.4. The van der Waals surface area contributed by atoms with Crippen LogP contribution in [-0.2, 0) is 19.6 Å². The summed E-state index contributed by atoms with van der Waals surface area (Å²) in [5.74, 6) is -0.325. The van der Waals surface area contributed by atoms with E-state index in [1.54, 1.807) is 0 Å². The van der Waals surface area contributed by atoms with Crippen molar-refractivity contribution in [3.63, 3.8) is 0 Å². The first kappa shape index (κ1) is 13.3. The summed E-state index contributed by atoms with van der Waals surface area (Å²) in [4.78, 5) is 11.8. The number of hydrogen-bond donors (Lipinski definition) is 0. The van der Waals surface area contributed by atoms with Gasteiger partial charge < -0.3 is 9.16 Å². The second-order valence-corrected chi connectivity index (χ2v) is 10.2. The van der Waals surface area contributed by atoms with Gasteiger partial charge in [-0.2, -0.15) is 0 Å². The molecule has 1 aromatic carbocycles. The Morgan fingerprint density at radius 1 is 1.28 bits per heavy atom. The lowest BCUT2D eigenvalue weighted by Gasteiger charge is -2.27. The summed E-state index contributed by atoms with van der Waals surface area (Å²) in [5, 5.41) is 0. The van der Waals surface area contributed by atoms with Crippen LogP contribution in [0.2, 0.25) is 19.6 Å². The lowest BCUT2D eigenvalue weighted by atomic mass is 10.1. The molecule has 1 saturated carbocycles. The van der Waals surface area contributed by atoms with Crippen molar-refractivity contribution in [3.8, 4) is 0 Å². The fourth-order valence-corrected chi connectivity index (χ4v) is 3.85. The predicted octanol–water partition coefficient (Wildman–Crippen LogP) is 2.93. The lowest BCUT2D eigenvalue weighted by Crippen LogP contribution is -2.34. The molecule has 0 aromatic heterocycles. The number of esters is 1. The zero-order chi connectivity index (χ0) is 13.4. The molecule has 0 saturated heterocycles. The summed E-state index contributed by atoms with van der Waals surface area (Å²) in [5.41, 5.74) is 0.640. The molecule has 0 spiro atoms. The van der Waals surface area contributed by atoms with Crippen LogP contribution in [0.4, 0.5) is 0 Å². The van der Waals surface area contributed by atoms with Crippen molar-refractivity contribution in [1.29, 1.82) is 0 Å². The van der Waals surface area contributed by atoms with Crippen LogP contribution in [0.15, 0.2) is 30.3 Å². The molecule has 0 heterocycles. The normalized spacial score (nSPS) is 26.8. The van der Waals surface area contributed by atoms with Crippen molar-refractivity contribution in [2.75, 3.05) is 7.11 Å². The summed E-state index contributed by atoms with van der Waals surface area (Å²) in [6.45, 7) is 6.43. The number of carbonyl (C=O) groups is 1. The average molecular weight is 264 g/mol. The maximum atomic E-state index is 11.8. The molecule has 0 bridgehead atoms. The highest BCUT2D eigenvalue weighted by molar-refractivity contribution is 6.69. The Labute approximate surface area is 109 Å². The van der Waals surface area contributed by atoms with E-state index in [0.717, 1.165) is 12.0 Å². The van der Waals surface area contributed by atoms with E-state index in [0.29, 0.717) is 0 Å². The second-order valence-electron chi connectivity index (χ2n) is 5.75. The molecular weight excluding hydrogens is 244 g/mol. The summed E-state index contributed by atoms with van der Waals surface area (Å²) in [6, 6.07) is 10.0. The third kappa shape index (κ3) is 2.49. The van der Waals surface area contributed by atoms with E-state index in [9.17, 15) is 4.79 Å². The zero-order valence-electron chi connectivity index (χ0n) is 11.4. The van der Waals surface area contributed by atoms with Crippen molar-refractivity contribution >= 4 is 14.3 Å². The molecule has 2 rings (SSSR count). The minimum atomic E-state index is -1.72. The van der Waals surface area contributed by atoms with E-state index in [2.05, 4.69) is 19.6 Å². The van der Waals surface area contributed by atoms with Gasteiger partial charge in [0.15, 0.2) is 8.32 Å². The van der Waals surface area contributed by atoms with E-state index in [4.69, 9.17) is 9.16 Å². The van der Waals surface area contributed by atoms with Crippen molar-refractivity contribution < 1.29 is 14.0 Å². The molecule has 0 amide bonds.